The van der Waals surface area contributed by atoms with E-state index in [1.807, 2.05) is 0 Å². The van der Waals surface area contributed by atoms with Crippen LogP contribution >= 0.6 is 0 Å². The van der Waals surface area contributed by atoms with Gasteiger partial charge < -0.3 is 5.32 Å². The zero-order valence-corrected chi connectivity index (χ0v) is 11.5. The van der Waals surface area contributed by atoms with Crippen LogP contribution in [0.5, 0.6) is 0 Å². The van der Waals surface area contributed by atoms with Crippen LogP contribution in [0.2, 0.25) is 0 Å². The van der Waals surface area contributed by atoms with Crippen molar-refractivity contribution in [1.82, 2.24) is 0 Å². The summed E-state index contributed by atoms with van der Waals surface area (Å²) in [6, 6.07) is 8.60. The largest absolute Gasteiger partial charge is 0.384 e. The number of nitrogens with one attached hydrogen (secondary N) is 1. The van der Waals surface area contributed by atoms with Gasteiger partial charge in [0.05, 0.1) is 0 Å². The van der Waals surface area contributed by atoms with Gasteiger partial charge in [0, 0.05) is 12.2 Å². The lowest BCUT2D eigenvalue weighted by Gasteiger charge is -2.26. The lowest BCUT2D eigenvalue weighted by atomic mass is 9.85. The lowest BCUT2D eigenvalue weighted by Crippen LogP contribution is -2.22. The van der Waals surface area contributed by atoms with Crippen molar-refractivity contribution in [2.45, 2.75) is 47.0 Å². The molecule has 0 saturated carbocycles. The summed E-state index contributed by atoms with van der Waals surface area (Å²) in [5.74, 6) is 0. The van der Waals surface area contributed by atoms with E-state index in [9.17, 15) is 0 Å². The summed E-state index contributed by atoms with van der Waals surface area (Å²) < 4.78 is 0. The molecule has 1 heteroatoms. The van der Waals surface area contributed by atoms with Crippen molar-refractivity contribution in [2.75, 3.05) is 11.9 Å². The predicted octanol–water partition coefficient (Wildman–Crippen LogP) is 4.44. The van der Waals surface area contributed by atoms with Crippen LogP contribution in [0.3, 0.4) is 0 Å². The summed E-state index contributed by atoms with van der Waals surface area (Å²) in [5.41, 5.74) is 3.16. The summed E-state index contributed by atoms with van der Waals surface area (Å²) in [5, 5.41) is 3.56. The standard InChI is InChI=1S/C15H25N/c1-14(2,3)11-16-13-10-8-7-9-12(13)15(4,5)6/h7-10,16H,11H2,1-6H3. The summed E-state index contributed by atoms with van der Waals surface area (Å²) in [7, 11) is 0. The van der Waals surface area contributed by atoms with Gasteiger partial charge in [-0.25, -0.2) is 0 Å². The lowest BCUT2D eigenvalue weighted by molar-refractivity contribution is 0.442. The molecule has 0 spiro atoms. The summed E-state index contributed by atoms with van der Waals surface area (Å²) in [6.45, 7) is 14.5. The van der Waals surface area contributed by atoms with Gasteiger partial charge in [-0.15, -0.1) is 0 Å². The van der Waals surface area contributed by atoms with Crippen LogP contribution in [-0.2, 0) is 5.41 Å². The third kappa shape index (κ3) is 3.88. The van der Waals surface area contributed by atoms with Crippen LogP contribution in [0.1, 0.15) is 47.1 Å². The van der Waals surface area contributed by atoms with Crippen molar-refractivity contribution in [3.8, 4) is 0 Å². The van der Waals surface area contributed by atoms with Gasteiger partial charge in [-0.1, -0.05) is 59.7 Å². The van der Waals surface area contributed by atoms with E-state index in [4.69, 9.17) is 0 Å². The first-order chi connectivity index (χ1) is 7.20. The van der Waals surface area contributed by atoms with E-state index in [-0.39, 0.29) is 5.41 Å². The second-order valence-electron chi connectivity index (χ2n) is 6.71. The maximum atomic E-state index is 3.56. The Balaban J connectivity index is 2.88. The molecule has 0 fully saturated rings. The van der Waals surface area contributed by atoms with Crippen LogP contribution in [0.4, 0.5) is 5.69 Å². The molecule has 16 heavy (non-hydrogen) atoms. The fourth-order valence-corrected chi connectivity index (χ4v) is 1.65. The molecule has 0 amide bonds. The normalized spacial score (nSPS) is 12.6. The smallest absolute Gasteiger partial charge is 0.0378 e. The van der Waals surface area contributed by atoms with Crippen LogP contribution in [-0.4, -0.2) is 6.54 Å². The number of benzene rings is 1. The fraction of sp³-hybridized carbons (Fsp3) is 0.600. The van der Waals surface area contributed by atoms with Gasteiger partial charge >= 0.3 is 0 Å². The van der Waals surface area contributed by atoms with E-state index in [2.05, 4.69) is 71.1 Å². The molecule has 0 radical (unpaired) electrons. The Bertz CT molecular complexity index is 339. The molecule has 0 aliphatic carbocycles. The van der Waals surface area contributed by atoms with E-state index in [1.54, 1.807) is 0 Å². The topological polar surface area (TPSA) is 12.0 Å². The Morgan fingerprint density at radius 2 is 1.50 bits per heavy atom. The number of para-hydroxylation sites is 1. The molecule has 1 N–H and O–H groups in total. The molecule has 0 atom stereocenters. The maximum Gasteiger partial charge on any atom is 0.0378 e. The zero-order chi connectivity index (χ0) is 12.4. The van der Waals surface area contributed by atoms with Crippen molar-refractivity contribution in [1.29, 1.82) is 0 Å². The van der Waals surface area contributed by atoms with Crippen LogP contribution in [0.15, 0.2) is 24.3 Å². The van der Waals surface area contributed by atoms with E-state index >= 15 is 0 Å². The first-order valence-corrected chi connectivity index (χ1v) is 6.03. The number of hydrogen-bond acceptors (Lipinski definition) is 1. The van der Waals surface area contributed by atoms with Crippen molar-refractivity contribution in [2.24, 2.45) is 5.41 Å². The van der Waals surface area contributed by atoms with Crippen molar-refractivity contribution in [3.63, 3.8) is 0 Å². The SMILES string of the molecule is CC(C)(C)CNc1ccccc1C(C)(C)C. The number of anilines is 1. The molecule has 0 aromatic heterocycles. The Morgan fingerprint density at radius 1 is 0.938 bits per heavy atom. The molecule has 1 rings (SSSR count). The summed E-state index contributed by atoms with van der Waals surface area (Å²) in [6.07, 6.45) is 0. The molecule has 0 aliphatic heterocycles. The molecule has 0 aliphatic rings. The molecule has 0 saturated heterocycles. The van der Waals surface area contributed by atoms with Crippen molar-refractivity contribution >= 4 is 5.69 Å². The quantitative estimate of drug-likeness (QED) is 0.775. The summed E-state index contributed by atoms with van der Waals surface area (Å²) in [4.78, 5) is 0. The second kappa shape index (κ2) is 4.48. The average molecular weight is 219 g/mol. The Kier molecular flexibility index (Phi) is 3.67. The highest BCUT2D eigenvalue weighted by Crippen LogP contribution is 2.29. The van der Waals surface area contributed by atoms with Crippen molar-refractivity contribution < 1.29 is 0 Å². The molecule has 90 valence electrons. The summed E-state index contributed by atoms with van der Waals surface area (Å²) >= 11 is 0. The highest BCUT2D eigenvalue weighted by Gasteiger charge is 2.18. The number of rotatable bonds is 2. The maximum absolute atomic E-state index is 3.56. The van der Waals surface area contributed by atoms with Gasteiger partial charge in [0.25, 0.3) is 0 Å². The Morgan fingerprint density at radius 3 is 2.00 bits per heavy atom. The van der Waals surface area contributed by atoms with Gasteiger partial charge in [0.15, 0.2) is 0 Å². The molecule has 0 unspecified atom stereocenters. The van der Waals surface area contributed by atoms with Gasteiger partial charge in [-0.05, 0) is 22.5 Å². The minimum atomic E-state index is 0.196. The highest BCUT2D eigenvalue weighted by molar-refractivity contribution is 5.54. The van der Waals surface area contributed by atoms with Crippen molar-refractivity contribution in [3.05, 3.63) is 29.8 Å². The monoisotopic (exact) mass is 219 g/mol. The minimum Gasteiger partial charge on any atom is -0.384 e. The van der Waals surface area contributed by atoms with E-state index in [0.29, 0.717) is 5.41 Å². The Labute approximate surface area is 100 Å². The predicted molar refractivity (Wildman–Crippen MR) is 73.1 cm³/mol. The average Bonchev–Trinajstić information content (AvgIpc) is 2.12. The molecule has 1 nitrogen and oxygen atoms in total. The molecular formula is C15H25N. The van der Waals surface area contributed by atoms with E-state index < -0.39 is 0 Å². The molecule has 1 aromatic rings. The van der Waals surface area contributed by atoms with Gasteiger partial charge in [-0.3, -0.25) is 0 Å². The molecule has 1 aromatic carbocycles. The fourth-order valence-electron chi connectivity index (χ4n) is 1.65. The van der Waals surface area contributed by atoms with Crippen LogP contribution < -0.4 is 5.32 Å². The van der Waals surface area contributed by atoms with Crippen LogP contribution in [0, 0.1) is 5.41 Å². The third-order valence-electron chi connectivity index (χ3n) is 2.54. The molecule has 0 heterocycles. The first kappa shape index (κ1) is 13.1. The van der Waals surface area contributed by atoms with Gasteiger partial charge in [0.1, 0.15) is 0 Å². The molecule has 0 bridgehead atoms. The minimum absolute atomic E-state index is 0.196. The van der Waals surface area contributed by atoms with Gasteiger partial charge in [0.2, 0.25) is 0 Å². The Hall–Kier alpha value is -0.980. The zero-order valence-electron chi connectivity index (χ0n) is 11.5. The van der Waals surface area contributed by atoms with Crippen LogP contribution in [0.25, 0.3) is 0 Å². The van der Waals surface area contributed by atoms with E-state index in [1.165, 1.54) is 11.3 Å². The number of hydrogen-bond donors (Lipinski definition) is 1. The van der Waals surface area contributed by atoms with Gasteiger partial charge in [-0.2, -0.15) is 0 Å². The second-order valence-corrected chi connectivity index (χ2v) is 6.71. The third-order valence-corrected chi connectivity index (χ3v) is 2.54. The molecular weight excluding hydrogens is 194 g/mol. The first-order valence-electron chi connectivity index (χ1n) is 6.03. The highest BCUT2D eigenvalue weighted by atomic mass is 14.9. The van der Waals surface area contributed by atoms with E-state index in [0.717, 1.165) is 6.54 Å².